The summed E-state index contributed by atoms with van der Waals surface area (Å²) in [5.41, 5.74) is 4.08. The number of hydrogen-bond acceptors (Lipinski definition) is 3. The minimum atomic E-state index is -1.67. The Labute approximate surface area is 156 Å². The molecule has 0 amide bonds. The summed E-state index contributed by atoms with van der Waals surface area (Å²) in [6.45, 7) is 19.3. The molecule has 142 valence electrons. The van der Waals surface area contributed by atoms with Crippen molar-refractivity contribution in [2.45, 2.75) is 71.3 Å². The molecule has 1 saturated heterocycles. The summed E-state index contributed by atoms with van der Waals surface area (Å²) in [5.74, 6) is 0. The largest absolute Gasteiger partial charge is 0.413 e. The second-order valence-electron chi connectivity index (χ2n) is 9.31. The van der Waals surface area contributed by atoms with E-state index in [2.05, 4.69) is 83.2 Å². The monoisotopic (exact) mass is 362 g/mol. The van der Waals surface area contributed by atoms with Crippen molar-refractivity contribution in [2.75, 3.05) is 26.7 Å². The van der Waals surface area contributed by atoms with Crippen molar-refractivity contribution in [2.24, 2.45) is 0 Å². The van der Waals surface area contributed by atoms with E-state index in [1.54, 1.807) is 0 Å². The highest BCUT2D eigenvalue weighted by Crippen LogP contribution is 2.38. The molecule has 1 N–H and O–H groups in total. The molecule has 2 rings (SSSR count). The number of likely N-dealkylation sites (N-methyl/N-ethyl adjacent to an activating group) is 1. The fraction of sp³-hybridized carbons (Fsp3) is 0.714. The van der Waals surface area contributed by atoms with E-state index in [1.165, 1.54) is 16.7 Å². The third-order valence-corrected chi connectivity index (χ3v) is 10.5. The van der Waals surface area contributed by atoms with E-state index in [0.717, 1.165) is 26.1 Å². The molecule has 2 atom stereocenters. The zero-order chi connectivity index (χ0) is 18.8. The standard InChI is InChI=1S/C21H38N2OSi/c1-16-11-17(2)13-18(12-16)20(22-6)15-23-10-9-19(14-23)24-25(7,8)21(3,4)5/h11-13,19-20,22H,9-10,14-15H2,1-8H3/t19-,20-/m0/s1. The van der Waals surface area contributed by atoms with E-state index in [0.29, 0.717) is 12.1 Å². The zero-order valence-corrected chi connectivity index (χ0v) is 18.6. The molecular formula is C21H38N2OSi. The molecular weight excluding hydrogens is 324 g/mol. The van der Waals surface area contributed by atoms with E-state index in [1.807, 2.05) is 0 Å². The van der Waals surface area contributed by atoms with Crippen molar-refractivity contribution in [3.63, 3.8) is 0 Å². The molecule has 1 heterocycles. The van der Waals surface area contributed by atoms with Gasteiger partial charge in [-0.1, -0.05) is 50.1 Å². The van der Waals surface area contributed by atoms with Crippen LogP contribution in [0.1, 0.15) is 49.9 Å². The van der Waals surface area contributed by atoms with Gasteiger partial charge < -0.3 is 9.74 Å². The second kappa shape index (κ2) is 7.91. The molecule has 0 spiro atoms. The van der Waals surface area contributed by atoms with Gasteiger partial charge in [-0.2, -0.15) is 0 Å². The molecule has 1 aliphatic rings. The number of benzene rings is 1. The first kappa shape index (κ1) is 20.6. The Hall–Kier alpha value is -0.683. The Morgan fingerprint density at radius 1 is 1.20 bits per heavy atom. The van der Waals surface area contributed by atoms with Gasteiger partial charge in [0.2, 0.25) is 0 Å². The molecule has 0 unspecified atom stereocenters. The van der Waals surface area contributed by atoms with Crippen LogP contribution in [0, 0.1) is 13.8 Å². The average molecular weight is 363 g/mol. The zero-order valence-electron chi connectivity index (χ0n) is 17.6. The van der Waals surface area contributed by atoms with Crippen LogP contribution in [0.15, 0.2) is 18.2 Å². The van der Waals surface area contributed by atoms with E-state index >= 15 is 0 Å². The number of hydrogen-bond donors (Lipinski definition) is 1. The molecule has 3 nitrogen and oxygen atoms in total. The van der Waals surface area contributed by atoms with Crippen LogP contribution in [-0.4, -0.2) is 46.0 Å². The van der Waals surface area contributed by atoms with Gasteiger partial charge in [0.1, 0.15) is 0 Å². The molecule has 1 aromatic carbocycles. The molecule has 0 aromatic heterocycles. The Bertz CT molecular complexity index is 559. The smallest absolute Gasteiger partial charge is 0.192 e. The quantitative estimate of drug-likeness (QED) is 0.745. The van der Waals surface area contributed by atoms with E-state index in [-0.39, 0.29) is 5.04 Å². The summed E-state index contributed by atoms with van der Waals surface area (Å²) < 4.78 is 6.63. The first-order valence-electron chi connectivity index (χ1n) is 9.67. The van der Waals surface area contributed by atoms with E-state index < -0.39 is 8.32 Å². The van der Waals surface area contributed by atoms with Crippen LogP contribution < -0.4 is 5.32 Å². The van der Waals surface area contributed by atoms with Crippen molar-refractivity contribution >= 4 is 8.32 Å². The number of likely N-dealkylation sites (tertiary alicyclic amines) is 1. The van der Waals surface area contributed by atoms with Crippen molar-refractivity contribution in [1.82, 2.24) is 10.2 Å². The number of rotatable bonds is 6. The molecule has 1 aromatic rings. The summed E-state index contributed by atoms with van der Waals surface area (Å²) >= 11 is 0. The van der Waals surface area contributed by atoms with Crippen molar-refractivity contribution in [3.8, 4) is 0 Å². The maximum Gasteiger partial charge on any atom is 0.192 e. The first-order valence-corrected chi connectivity index (χ1v) is 12.6. The van der Waals surface area contributed by atoms with Crippen molar-refractivity contribution in [3.05, 3.63) is 34.9 Å². The summed E-state index contributed by atoms with van der Waals surface area (Å²) in [7, 11) is 0.403. The van der Waals surface area contributed by atoms with Crippen LogP contribution in [-0.2, 0) is 4.43 Å². The molecule has 0 aliphatic carbocycles. The highest BCUT2D eigenvalue weighted by molar-refractivity contribution is 6.74. The van der Waals surface area contributed by atoms with Crippen LogP contribution in [0.25, 0.3) is 0 Å². The van der Waals surface area contributed by atoms with Crippen LogP contribution >= 0.6 is 0 Å². The molecule has 0 radical (unpaired) electrons. The lowest BCUT2D eigenvalue weighted by molar-refractivity contribution is 0.177. The molecule has 25 heavy (non-hydrogen) atoms. The van der Waals surface area contributed by atoms with Gasteiger partial charge in [-0.05, 0) is 51.0 Å². The lowest BCUT2D eigenvalue weighted by Crippen LogP contribution is -2.44. The fourth-order valence-electron chi connectivity index (χ4n) is 3.49. The van der Waals surface area contributed by atoms with Gasteiger partial charge in [-0.15, -0.1) is 0 Å². The predicted molar refractivity (Wildman–Crippen MR) is 111 cm³/mol. The van der Waals surface area contributed by atoms with Gasteiger partial charge >= 0.3 is 0 Å². The molecule has 1 fully saturated rings. The molecule has 0 saturated carbocycles. The van der Waals surface area contributed by atoms with Gasteiger partial charge in [-0.3, -0.25) is 4.90 Å². The van der Waals surface area contributed by atoms with Crippen LogP contribution in [0.5, 0.6) is 0 Å². The molecule has 4 heteroatoms. The van der Waals surface area contributed by atoms with Gasteiger partial charge in [0.05, 0.1) is 6.10 Å². The Balaban J connectivity index is 1.97. The topological polar surface area (TPSA) is 24.5 Å². The van der Waals surface area contributed by atoms with E-state index in [4.69, 9.17) is 4.43 Å². The summed E-state index contributed by atoms with van der Waals surface area (Å²) in [5, 5.41) is 3.80. The second-order valence-corrected chi connectivity index (χ2v) is 14.1. The molecule has 1 aliphatic heterocycles. The number of nitrogens with zero attached hydrogens (tertiary/aromatic N) is 1. The lowest BCUT2D eigenvalue weighted by Gasteiger charge is -2.38. The van der Waals surface area contributed by atoms with E-state index in [9.17, 15) is 0 Å². The predicted octanol–water partition coefficient (Wildman–Crippen LogP) is 4.66. The SMILES string of the molecule is CN[C@@H](CN1CC[C@H](O[Si](C)(C)C(C)(C)C)C1)c1cc(C)cc(C)c1. The van der Waals surface area contributed by atoms with Gasteiger partial charge in [0, 0.05) is 25.7 Å². The Morgan fingerprint density at radius 3 is 2.32 bits per heavy atom. The maximum absolute atomic E-state index is 6.63. The number of aryl methyl sites for hydroxylation is 2. The minimum absolute atomic E-state index is 0.285. The third-order valence-electron chi connectivity index (χ3n) is 5.93. The summed E-state index contributed by atoms with van der Waals surface area (Å²) in [6, 6.07) is 7.25. The van der Waals surface area contributed by atoms with Crippen LogP contribution in [0.4, 0.5) is 0 Å². The molecule has 0 bridgehead atoms. The van der Waals surface area contributed by atoms with Gasteiger partial charge in [-0.25, -0.2) is 0 Å². The Kier molecular flexibility index (Phi) is 6.53. The van der Waals surface area contributed by atoms with Crippen molar-refractivity contribution < 1.29 is 4.43 Å². The summed E-state index contributed by atoms with van der Waals surface area (Å²) in [6.07, 6.45) is 1.56. The Morgan fingerprint density at radius 2 is 1.80 bits per heavy atom. The van der Waals surface area contributed by atoms with Crippen molar-refractivity contribution in [1.29, 1.82) is 0 Å². The first-order chi connectivity index (χ1) is 11.5. The third kappa shape index (κ3) is 5.39. The highest BCUT2D eigenvalue weighted by atomic mass is 28.4. The minimum Gasteiger partial charge on any atom is -0.413 e. The fourth-order valence-corrected chi connectivity index (χ4v) is 4.86. The summed E-state index contributed by atoms with van der Waals surface area (Å²) in [4.78, 5) is 2.57. The lowest BCUT2D eigenvalue weighted by atomic mass is 10.0. The maximum atomic E-state index is 6.63. The van der Waals surface area contributed by atoms with Crippen LogP contribution in [0.3, 0.4) is 0 Å². The number of nitrogens with one attached hydrogen (secondary N) is 1. The van der Waals surface area contributed by atoms with Gasteiger partial charge in [0.25, 0.3) is 0 Å². The average Bonchev–Trinajstić information content (AvgIpc) is 2.89. The normalized spacial score (nSPS) is 20.9. The van der Waals surface area contributed by atoms with Crippen LogP contribution in [0.2, 0.25) is 18.1 Å². The highest BCUT2D eigenvalue weighted by Gasteiger charge is 2.40. The van der Waals surface area contributed by atoms with Gasteiger partial charge in [0.15, 0.2) is 8.32 Å².